The van der Waals surface area contributed by atoms with Gasteiger partial charge in [0.1, 0.15) is 0 Å². The molecule has 2 amide bonds. The molecule has 2 N–H and O–H groups in total. The predicted octanol–water partition coefficient (Wildman–Crippen LogP) is 2.72. The number of nitrogens with one attached hydrogen (secondary N) is 2. The fraction of sp³-hybridized carbons (Fsp3) is 0.500. The van der Waals surface area contributed by atoms with Gasteiger partial charge in [0.05, 0.1) is 5.92 Å². The van der Waals surface area contributed by atoms with Crippen molar-refractivity contribution in [3.8, 4) is 0 Å². The molecule has 5 heteroatoms. The Kier molecular flexibility index (Phi) is 4.47. The van der Waals surface area contributed by atoms with Crippen LogP contribution in [0.25, 0.3) is 10.9 Å². The highest BCUT2D eigenvalue weighted by Crippen LogP contribution is 2.36. The number of carbonyl (C=O) groups excluding carboxylic acids is 2. The molecule has 0 spiro atoms. The Bertz CT molecular complexity index is 795. The first kappa shape index (κ1) is 16.2. The summed E-state index contributed by atoms with van der Waals surface area (Å²) >= 11 is 0. The van der Waals surface area contributed by atoms with Crippen molar-refractivity contribution < 1.29 is 9.59 Å². The van der Waals surface area contributed by atoms with E-state index in [2.05, 4.69) is 28.5 Å². The molecule has 0 radical (unpaired) electrons. The number of carbonyl (C=O) groups is 2. The smallest absolute Gasteiger partial charge is 0.229 e. The zero-order valence-electron chi connectivity index (χ0n) is 14.5. The summed E-state index contributed by atoms with van der Waals surface area (Å²) in [6, 6.07) is 8.30. The van der Waals surface area contributed by atoms with E-state index in [1.807, 2.05) is 11.0 Å². The lowest BCUT2D eigenvalue weighted by molar-refractivity contribution is -0.127. The molecule has 1 aromatic carbocycles. The molecule has 132 valence electrons. The second-order valence-corrected chi connectivity index (χ2v) is 7.14. The fourth-order valence-electron chi connectivity index (χ4n) is 4.22. The largest absolute Gasteiger partial charge is 0.357 e. The Labute approximate surface area is 147 Å². The monoisotopic (exact) mass is 339 g/mol. The molecular weight excluding hydrogens is 314 g/mol. The van der Waals surface area contributed by atoms with Gasteiger partial charge in [0, 0.05) is 42.7 Å². The van der Waals surface area contributed by atoms with Crippen LogP contribution in [0.5, 0.6) is 0 Å². The van der Waals surface area contributed by atoms with Crippen LogP contribution >= 0.6 is 0 Å². The van der Waals surface area contributed by atoms with Gasteiger partial charge in [0.15, 0.2) is 0 Å². The maximum absolute atomic E-state index is 12.7. The van der Waals surface area contributed by atoms with Crippen molar-refractivity contribution in [3.63, 3.8) is 0 Å². The van der Waals surface area contributed by atoms with Crippen molar-refractivity contribution in [2.24, 2.45) is 0 Å². The van der Waals surface area contributed by atoms with Crippen LogP contribution in [0.4, 0.5) is 0 Å². The molecule has 4 rings (SSSR count). The molecule has 0 bridgehead atoms. The highest BCUT2D eigenvalue weighted by atomic mass is 16.2. The number of aromatic nitrogens is 1. The lowest BCUT2D eigenvalue weighted by Crippen LogP contribution is -2.34. The molecule has 1 unspecified atom stereocenters. The minimum absolute atomic E-state index is 0.0791. The van der Waals surface area contributed by atoms with Crippen LogP contribution in [-0.2, 0) is 16.0 Å². The van der Waals surface area contributed by atoms with Gasteiger partial charge in [0.2, 0.25) is 11.8 Å². The molecule has 1 fully saturated rings. The first-order valence-electron chi connectivity index (χ1n) is 9.39. The number of hydrogen-bond donors (Lipinski definition) is 2. The molecule has 0 saturated carbocycles. The maximum atomic E-state index is 12.7. The highest BCUT2D eigenvalue weighted by Gasteiger charge is 2.29. The normalized spacial score (nSPS) is 20.1. The number of para-hydroxylation sites is 1. The number of hydrogen-bond acceptors (Lipinski definition) is 2. The van der Waals surface area contributed by atoms with Gasteiger partial charge in [-0.2, -0.15) is 0 Å². The van der Waals surface area contributed by atoms with Gasteiger partial charge < -0.3 is 15.2 Å². The molecule has 25 heavy (non-hydrogen) atoms. The number of benzene rings is 1. The second kappa shape index (κ2) is 6.90. The lowest BCUT2D eigenvalue weighted by atomic mass is 9.86. The van der Waals surface area contributed by atoms with Gasteiger partial charge in [-0.1, -0.05) is 18.2 Å². The average molecular weight is 339 g/mol. The van der Waals surface area contributed by atoms with E-state index in [1.54, 1.807) is 0 Å². The number of fused-ring (bicyclic) bond motifs is 3. The predicted molar refractivity (Wildman–Crippen MR) is 97.4 cm³/mol. The summed E-state index contributed by atoms with van der Waals surface area (Å²) in [5, 5.41) is 4.33. The first-order chi connectivity index (χ1) is 12.2. The van der Waals surface area contributed by atoms with E-state index < -0.39 is 0 Å². The lowest BCUT2D eigenvalue weighted by Gasteiger charge is -2.22. The molecule has 2 aromatic rings. The standard InChI is InChI=1S/C20H25N3O2/c24-18-10-4-12-23(18)13-5-11-21-20(25)16-8-3-7-15-14-6-1-2-9-17(14)22-19(15)16/h1-2,6,9,16,22H,3-5,7-8,10-13H2,(H,21,25). The summed E-state index contributed by atoms with van der Waals surface area (Å²) in [6.07, 6.45) is 5.46. The van der Waals surface area contributed by atoms with Gasteiger partial charge in [-0.15, -0.1) is 0 Å². The minimum atomic E-state index is -0.0791. The van der Waals surface area contributed by atoms with Gasteiger partial charge in [0.25, 0.3) is 0 Å². The summed E-state index contributed by atoms with van der Waals surface area (Å²) in [5.74, 6) is 0.283. The molecular formula is C20H25N3O2. The van der Waals surface area contributed by atoms with E-state index in [0.29, 0.717) is 13.0 Å². The number of aromatic amines is 1. The third kappa shape index (κ3) is 3.15. The Morgan fingerprint density at radius 1 is 1.24 bits per heavy atom. The van der Waals surface area contributed by atoms with Crippen LogP contribution in [0.2, 0.25) is 0 Å². The number of H-pyrrole nitrogens is 1. The maximum Gasteiger partial charge on any atom is 0.229 e. The molecule has 5 nitrogen and oxygen atoms in total. The molecule has 2 heterocycles. The van der Waals surface area contributed by atoms with Gasteiger partial charge in [-0.3, -0.25) is 9.59 Å². The third-order valence-electron chi connectivity index (χ3n) is 5.51. The van der Waals surface area contributed by atoms with Gasteiger partial charge in [-0.25, -0.2) is 0 Å². The van der Waals surface area contributed by atoms with Crippen LogP contribution < -0.4 is 5.32 Å². The average Bonchev–Trinajstić information content (AvgIpc) is 3.21. The number of amides is 2. The van der Waals surface area contributed by atoms with E-state index in [9.17, 15) is 9.59 Å². The number of likely N-dealkylation sites (tertiary alicyclic amines) is 1. The van der Waals surface area contributed by atoms with Crippen LogP contribution in [0, 0.1) is 0 Å². The van der Waals surface area contributed by atoms with Crippen LogP contribution in [0.15, 0.2) is 24.3 Å². The summed E-state index contributed by atoms with van der Waals surface area (Å²) in [6.45, 7) is 2.25. The van der Waals surface area contributed by atoms with Crippen LogP contribution in [0.1, 0.15) is 49.3 Å². The molecule has 1 aromatic heterocycles. The minimum Gasteiger partial charge on any atom is -0.357 e. The quantitative estimate of drug-likeness (QED) is 0.823. The Balaban J connectivity index is 1.37. The van der Waals surface area contributed by atoms with Crippen molar-refractivity contribution in [1.29, 1.82) is 0 Å². The van der Waals surface area contributed by atoms with Crippen LogP contribution in [0.3, 0.4) is 0 Å². The zero-order chi connectivity index (χ0) is 17.2. The number of nitrogens with zero attached hydrogens (tertiary/aromatic N) is 1. The third-order valence-corrected chi connectivity index (χ3v) is 5.51. The van der Waals surface area contributed by atoms with E-state index in [-0.39, 0.29) is 17.7 Å². The Morgan fingerprint density at radius 2 is 2.12 bits per heavy atom. The SMILES string of the molecule is O=C(NCCCN1CCCC1=O)C1CCCc2c1[nH]c1ccccc21. The van der Waals surface area contributed by atoms with E-state index in [4.69, 9.17) is 0 Å². The topological polar surface area (TPSA) is 65.2 Å². The highest BCUT2D eigenvalue weighted by molar-refractivity contribution is 5.90. The summed E-state index contributed by atoms with van der Waals surface area (Å²) < 4.78 is 0. The van der Waals surface area contributed by atoms with Crippen molar-refractivity contribution in [2.75, 3.05) is 19.6 Å². The molecule has 2 aliphatic rings. The molecule has 1 aliphatic carbocycles. The van der Waals surface area contributed by atoms with Crippen molar-refractivity contribution in [3.05, 3.63) is 35.5 Å². The summed E-state index contributed by atoms with van der Waals surface area (Å²) in [4.78, 5) is 29.7. The summed E-state index contributed by atoms with van der Waals surface area (Å²) in [5.41, 5.74) is 3.53. The van der Waals surface area contributed by atoms with Crippen molar-refractivity contribution in [1.82, 2.24) is 15.2 Å². The van der Waals surface area contributed by atoms with Crippen molar-refractivity contribution >= 4 is 22.7 Å². The van der Waals surface area contributed by atoms with E-state index >= 15 is 0 Å². The fourth-order valence-corrected chi connectivity index (χ4v) is 4.22. The first-order valence-corrected chi connectivity index (χ1v) is 9.39. The Morgan fingerprint density at radius 3 is 2.96 bits per heavy atom. The Hall–Kier alpha value is -2.30. The molecule has 1 aliphatic heterocycles. The van der Waals surface area contributed by atoms with E-state index in [1.165, 1.54) is 10.9 Å². The number of aryl methyl sites for hydroxylation is 1. The van der Waals surface area contributed by atoms with Crippen LogP contribution in [-0.4, -0.2) is 41.3 Å². The second-order valence-electron chi connectivity index (χ2n) is 7.14. The molecule has 1 saturated heterocycles. The zero-order valence-corrected chi connectivity index (χ0v) is 14.5. The van der Waals surface area contributed by atoms with E-state index in [0.717, 1.165) is 56.4 Å². The molecule has 1 atom stereocenters. The summed E-state index contributed by atoms with van der Waals surface area (Å²) in [7, 11) is 0. The van der Waals surface area contributed by atoms with Crippen molar-refractivity contribution in [2.45, 2.75) is 44.4 Å². The van der Waals surface area contributed by atoms with Gasteiger partial charge in [-0.05, 0) is 43.7 Å². The van der Waals surface area contributed by atoms with Gasteiger partial charge >= 0.3 is 0 Å². The number of rotatable bonds is 5.